The zero-order valence-electron chi connectivity index (χ0n) is 17.5. The van der Waals surface area contributed by atoms with Gasteiger partial charge in [0.25, 0.3) is 5.91 Å². The molecule has 3 aromatic rings. The number of nitrogens with zero attached hydrogens (tertiary/aromatic N) is 1. The van der Waals surface area contributed by atoms with E-state index < -0.39 is 6.04 Å². The van der Waals surface area contributed by atoms with Gasteiger partial charge < -0.3 is 14.5 Å². The van der Waals surface area contributed by atoms with Crippen molar-refractivity contribution in [3.8, 4) is 0 Å². The minimum absolute atomic E-state index is 0.00920. The maximum absolute atomic E-state index is 13.5. The van der Waals surface area contributed by atoms with Crippen molar-refractivity contribution in [2.24, 2.45) is 0 Å². The van der Waals surface area contributed by atoms with Crippen LogP contribution in [0.15, 0.2) is 64.4 Å². The Hall–Kier alpha value is -2.90. The Bertz CT molecular complexity index is 994. The van der Waals surface area contributed by atoms with Crippen LogP contribution >= 0.6 is 11.3 Å². The summed E-state index contributed by atoms with van der Waals surface area (Å²) in [5, 5.41) is 4.92. The van der Waals surface area contributed by atoms with Crippen molar-refractivity contribution in [1.29, 1.82) is 0 Å². The molecule has 1 fully saturated rings. The predicted octanol–water partition coefficient (Wildman–Crippen LogP) is 4.26. The van der Waals surface area contributed by atoms with Gasteiger partial charge in [0.1, 0.15) is 11.5 Å². The number of carbonyl (C=O) groups excluding carboxylic acids is 2. The van der Waals surface area contributed by atoms with Gasteiger partial charge in [0.05, 0.1) is 12.5 Å². The maximum Gasteiger partial charge on any atom is 0.251 e. The standard InChI is InChI=1S/C24H26N2O4S/c1-17-11-12-21(30-17)23(24(28)25-16-19-9-5-13-29-19)26(18-7-3-2-4-8-18)22(27)15-20-10-6-14-31-20/h2-4,6-8,10-12,14,19,23H,5,9,13,15-16H2,1H3,(H,25,28). The fourth-order valence-corrected chi connectivity index (χ4v) is 4.46. The Kier molecular flexibility index (Phi) is 6.84. The molecule has 3 heterocycles. The summed E-state index contributed by atoms with van der Waals surface area (Å²) < 4.78 is 11.5. The van der Waals surface area contributed by atoms with Gasteiger partial charge in [0.2, 0.25) is 5.91 Å². The molecule has 1 N–H and O–H groups in total. The minimum atomic E-state index is -0.912. The van der Waals surface area contributed by atoms with E-state index in [2.05, 4.69) is 5.32 Å². The molecule has 2 atom stereocenters. The lowest BCUT2D eigenvalue weighted by Crippen LogP contribution is -2.46. The van der Waals surface area contributed by atoms with Gasteiger partial charge in [-0.05, 0) is 55.5 Å². The molecule has 0 aliphatic carbocycles. The lowest BCUT2D eigenvalue weighted by Gasteiger charge is -2.30. The SMILES string of the molecule is Cc1ccc(C(C(=O)NCC2CCCO2)N(C(=O)Cc2cccs2)c2ccccc2)o1. The van der Waals surface area contributed by atoms with Crippen molar-refractivity contribution in [2.75, 3.05) is 18.1 Å². The number of nitrogens with one attached hydrogen (secondary N) is 1. The number of anilines is 1. The fraction of sp³-hybridized carbons (Fsp3) is 0.333. The third-order valence-electron chi connectivity index (χ3n) is 5.27. The molecule has 7 heteroatoms. The lowest BCUT2D eigenvalue weighted by atomic mass is 10.1. The molecule has 1 aliphatic rings. The summed E-state index contributed by atoms with van der Waals surface area (Å²) in [6.07, 6.45) is 2.14. The van der Waals surface area contributed by atoms with Crippen LogP contribution in [0.2, 0.25) is 0 Å². The molecule has 162 valence electrons. The Morgan fingerprint density at radius 2 is 2.00 bits per heavy atom. The maximum atomic E-state index is 13.5. The summed E-state index contributed by atoms with van der Waals surface area (Å²) in [7, 11) is 0. The molecular weight excluding hydrogens is 412 g/mol. The largest absolute Gasteiger partial charge is 0.464 e. The van der Waals surface area contributed by atoms with Crippen molar-refractivity contribution >= 4 is 28.8 Å². The molecule has 2 unspecified atom stereocenters. The second-order valence-corrected chi connectivity index (χ2v) is 8.62. The summed E-state index contributed by atoms with van der Waals surface area (Å²) >= 11 is 1.52. The minimum Gasteiger partial charge on any atom is -0.464 e. The molecule has 2 amide bonds. The highest BCUT2D eigenvalue weighted by atomic mass is 32.1. The van der Waals surface area contributed by atoms with Crippen LogP contribution in [0.1, 0.15) is 35.3 Å². The number of thiophene rings is 1. The molecule has 0 saturated carbocycles. The fourth-order valence-electron chi connectivity index (χ4n) is 3.76. The van der Waals surface area contributed by atoms with E-state index in [1.165, 1.54) is 11.3 Å². The van der Waals surface area contributed by atoms with Gasteiger partial charge in [-0.3, -0.25) is 14.5 Å². The zero-order chi connectivity index (χ0) is 21.6. The van der Waals surface area contributed by atoms with Crippen LogP contribution in [-0.4, -0.2) is 31.1 Å². The van der Waals surface area contributed by atoms with E-state index in [1.807, 2.05) is 60.8 Å². The van der Waals surface area contributed by atoms with Crippen molar-refractivity contribution in [1.82, 2.24) is 5.32 Å². The monoisotopic (exact) mass is 438 g/mol. The first-order valence-corrected chi connectivity index (χ1v) is 11.3. The number of hydrogen-bond donors (Lipinski definition) is 1. The van der Waals surface area contributed by atoms with Crippen LogP contribution in [0.25, 0.3) is 0 Å². The molecular formula is C24H26N2O4S. The molecule has 0 bridgehead atoms. The molecule has 6 nitrogen and oxygen atoms in total. The van der Waals surface area contributed by atoms with Gasteiger partial charge in [-0.15, -0.1) is 11.3 Å². The Balaban J connectivity index is 1.66. The average molecular weight is 439 g/mol. The second-order valence-electron chi connectivity index (χ2n) is 7.59. The quantitative estimate of drug-likeness (QED) is 0.570. The summed E-state index contributed by atoms with van der Waals surface area (Å²) in [4.78, 5) is 29.4. The highest BCUT2D eigenvalue weighted by molar-refractivity contribution is 7.10. The van der Waals surface area contributed by atoms with E-state index in [-0.39, 0.29) is 24.3 Å². The lowest BCUT2D eigenvalue weighted by molar-refractivity contribution is -0.127. The van der Waals surface area contributed by atoms with Crippen molar-refractivity contribution in [2.45, 2.75) is 38.3 Å². The molecule has 2 aromatic heterocycles. The van der Waals surface area contributed by atoms with E-state index >= 15 is 0 Å². The number of para-hydroxylation sites is 1. The smallest absolute Gasteiger partial charge is 0.251 e. The molecule has 0 spiro atoms. The van der Waals surface area contributed by atoms with E-state index in [0.29, 0.717) is 23.8 Å². The van der Waals surface area contributed by atoms with E-state index in [4.69, 9.17) is 9.15 Å². The number of hydrogen-bond acceptors (Lipinski definition) is 5. The topological polar surface area (TPSA) is 71.8 Å². The number of aryl methyl sites for hydroxylation is 1. The van der Waals surface area contributed by atoms with Crippen LogP contribution in [0.3, 0.4) is 0 Å². The summed E-state index contributed by atoms with van der Waals surface area (Å²) in [5.41, 5.74) is 0.648. The first-order valence-electron chi connectivity index (χ1n) is 10.5. The molecule has 1 aliphatic heterocycles. The Labute approximate surface area is 185 Å². The number of furan rings is 1. The first kappa shape index (κ1) is 21.3. The molecule has 0 radical (unpaired) electrons. The van der Waals surface area contributed by atoms with Crippen molar-refractivity contribution in [3.63, 3.8) is 0 Å². The van der Waals surface area contributed by atoms with Crippen molar-refractivity contribution < 1.29 is 18.7 Å². The van der Waals surface area contributed by atoms with Crippen LogP contribution in [0, 0.1) is 6.92 Å². The second kappa shape index (κ2) is 9.94. The number of amides is 2. The molecule has 1 aromatic carbocycles. The molecule has 4 rings (SSSR count). The highest BCUT2D eigenvalue weighted by Gasteiger charge is 2.35. The number of ether oxygens (including phenoxy) is 1. The van der Waals surface area contributed by atoms with E-state index in [1.54, 1.807) is 11.0 Å². The Morgan fingerprint density at radius 3 is 2.65 bits per heavy atom. The number of benzene rings is 1. The normalized spacial score (nSPS) is 16.7. The van der Waals surface area contributed by atoms with E-state index in [9.17, 15) is 9.59 Å². The van der Waals surface area contributed by atoms with Gasteiger partial charge >= 0.3 is 0 Å². The first-order chi connectivity index (χ1) is 15.1. The van der Waals surface area contributed by atoms with Gasteiger partial charge in [-0.1, -0.05) is 24.3 Å². The Morgan fingerprint density at radius 1 is 1.16 bits per heavy atom. The third-order valence-corrected chi connectivity index (χ3v) is 6.15. The average Bonchev–Trinajstić information content (AvgIpc) is 3.54. The predicted molar refractivity (Wildman–Crippen MR) is 120 cm³/mol. The summed E-state index contributed by atoms with van der Waals surface area (Å²) in [6.45, 7) is 2.96. The third kappa shape index (κ3) is 5.24. The van der Waals surface area contributed by atoms with Crippen LogP contribution in [-0.2, 0) is 20.7 Å². The highest BCUT2D eigenvalue weighted by Crippen LogP contribution is 2.30. The number of rotatable bonds is 8. The van der Waals surface area contributed by atoms with Crippen molar-refractivity contribution in [3.05, 3.63) is 76.4 Å². The number of carbonyl (C=O) groups is 2. The van der Waals surface area contributed by atoms with Gasteiger partial charge in [0, 0.05) is 23.7 Å². The molecule has 31 heavy (non-hydrogen) atoms. The zero-order valence-corrected chi connectivity index (χ0v) is 18.3. The van der Waals surface area contributed by atoms with Crippen LogP contribution in [0.5, 0.6) is 0 Å². The van der Waals surface area contributed by atoms with Gasteiger partial charge in [-0.25, -0.2) is 0 Å². The molecule has 1 saturated heterocycles. The van der Waals surface area contributed by atoms with Crippen LogP contribution < -0.4 is 10.2 Å². The van der Waals surface area contributed by atoms with Gasteiger partial charge in [0.15, 0.2) is 6.04 Å². The van der Waals surface area contributed by atoms with Crippen LogP contribution in [0.4, 0.5) is 5.69 Å². The summed E-state index contributed by atoms with van der Waals surface area (Å²) in [5.74, 6) is 0.671. The van der Waals surface area contributed by atoms with E-state index in [0.717, 1.165) is 24.3 Å². The van der Waals surface area contributed by atoms with Gasteiger partial charge in [-0.2, -0.15) is 0 Å². The summed E-state index contributed by atoms with van der Waals surface area (Å²) in [6, 6.07) is 15.8.